The van der Waals surface area contributed by atoms with Gasteiger partial charge in [-0.05, 0) is 111 Å². The van der Waals surface area contributed by atoms with Crippen molar-refractivity contribution < 1.29 is 8.83 Å². The zero-order valence-electron chi connectivity index (χ0n) is 40.6. The van der Waals surface area contributed by atoms with Crippen molar-refractivity contribution in [1.29, 1.82) is 0 Å². The van der Waals surface area contributed by atoms with Crippen LogP contribution in [0, 0.1) is 6.92 Å². The molecule has 13 aromatic rings. The fraction of sp³-hybridized carbons (Fsp3) is 0.104. The normalized spacial score (nSPS) is 12.0. The van der Waals surface area contributed by atoms with Gasteiger partial charge in [0.1, 0.15) is 11.2 Å². The molecule has 342 valence electrons. The lowest BCUT2D eigenvalue weighted by molar-refractivity contribution is 0.669. The molecule has 0 saturated carbocycles. The lowest BCUT2D eigenvalue weighted by Crippen LogP contribution is -2.14. The van der Waals surface area contributed by atoms with Crippen LogP contribution in [0.1, 0.15) is 61.8 Å². The summed E-state index contributed by atoms with van der Waals surface area (Å²) in [6.45, 7) is 16.3. The summed E-state index contributed by atoms with van der Waals surface area (Å²) in [5.74, 6) is 0.400. The summed E-state index contributed by atoms with van der Waals surface area (Å²) in [6.07, 6.45) is 2.09. The predicted octanol–water partition coefficient (Wildman–Crippen LogP) is 20.2. The third kappa shape index (κ3) is 6.51. The maximum Gasteiger partial charge on any atom is 0.159 e. The van der Waals surface area contributed by atoms with E-state index in [0.29, 0.717) is 0 Å². The molecule has 0 aliphatic heterocycles. The van der Waals surface area contributed by atoms with E-state index >= 15 is 0 Å². The van der Waals surface area contributed by atoms with Crippen LogP contribution in [-0.2, 0) is 0 Å². The molecule has 0 aliphatic rings. The fourth-order valence-corrected chi connectivity index (χ4v) is 11.7. The number of hydrogen-bond donors (Lipinski definition) is 0. The SMILES string of the molecule is C=Cc1c(N(c2cccc3ccccc23)c2cccc3c2oc2ccccc23)cc(C(C)C)c2ccc3c(N(c4cccc5ccccc45)c4cccc5c4oc4ccccc45)cc(C(C)C)c(C)c3c12. The van der Waals surface area contributed by atoms with Crippen LogP contribution >= 0.6 is 0 Å². The van der Waals surface area contributed by atoms with Gasteiger partial charge in [0.15, 0.2) is 11.2 Å². The first-order valence-electron chi connectivity index (χ1n) is 24.8. The molecule has 0 amide bonds. The van der Waals surface area contributed by atoms with E-state index < -0.39 is 0 Å². The lowest BCUT2D eigenvalue weighted by atomic mass is 9.84. The van der Waals surface area contributed by atoms with Crippen molar-refractivity contribution in [2.45, 2.75) is 46.5 Å². The molecule has 13 rings (SSSR count). The second-order valence-electron chi connectivity index (χ2n) is 19.6. The van der Waals surface area contributed by atoms with Gasteiger partial charge in [-0.1, -0.05) is 186 Å². The Hall–Kier alpha value is -8.60. The van der Waals surface area contributed by atoms with Gasteiger partial charge in [-0.3, -0.25) is 0 Å². The minimum absolute atomic E-state index is 0.190. The van der Waals surface area contributed by atoms with Crippen molar-refractivity contribution in [2.75, 3.05) is 9.80 Å². The van der Waals surface area contributed by atoms with Gasteiger partial charge >= 0.3 is 0 Å². The number of furan rings is 2. The number of fused-ring (bicyclic) bond motifs is 11. The van der Waals surface area contributed by atoms with Gasteiger partial charge in [0.05, 0.1) is 34.1 Å². The third-order valence-corrected chi connectivity index (χ3v) is 14.9. The molecule has 0 unspecified atom stereocenters. The summed E-state index contributed by atoms with van der Waals surface area (Å²) in [4.78, 5) is 4.92. The Morgan fingerprint density at radius 2 is 0.803 bits per heavy atom. The van der Waals surface area contributed by atoms with E-state index in [2.05, 4.69) is 239 Å². The summed E-state index contributed by atoms with van der Waals surface area (Å²) in [7, 11) is 0. The van der Waals surface area contributed by atoms with E-state index in [4.69, 9.17) is 15.4 Å². The molecule has 71 heavy (non-hydrogen) atoms. The fourth-order valence-electron chi connectivity index (χ4n) is 11.7. The predicted molar refractivity (Wildman–Crippen MR) is 303 cm³/mol. The first kappa shape index (κ1) is 42.5. The van der Waals surface area contributed by atoms with Crippen LogP contribution in [0.15, 0.2) is 210 Å². The molecule has 0 atom stereocenters. The topological polar surface area (TPSA) is 32.8 Å². The Labute approximate surface area is 413 Å². The van der Waals surface area contributed by atoms with Gasteiger partial charge in [0.25, 0.3) is 0 Å². The highest BCUT2D eigenvalue weighted by atomic mass is 16.3. The quantitative estimate of drug-likeness (QED) is 0.135. The zero-order chi connectivity index (χ0) is 48.1. The van der Waals surface area contributed by atoms with E-state index in [1.165, 1.54) is 38.2 Å². The largest absolute Gasteiger partial charge is 0.454 e. The first-order valence-corrected chi connectivity index (χ1v) is 24.8. The van der Waals surface area contributed by atoms with Gasteiger partial charge in [0, 0.05) is 43.3 Å². The Balaban J connectivity index is 1.19. The number of rotatable bonds is 9. The smallest absolute Gasteiger partial charge is 0.159 e. The molecule has 4 heteroatoms. The van der Waals surface area contributed by atoms with E-state index in [9.17, 15) is 0 Å². The maximum atomic E-state index is 6.92. The number of anilines is 6. The van der Waals surface area contributed by atoms with Crippen LogP contribution in [0.3, 0.4) is 0 Å². The van der Waals surface area contributed by atoms with Crippen LogP contribution in [0.2, 0.25) is 0 Å². The molecule has 2 aromatic heterocycles. The molecular weight excluding hydrogens is 865 g/mol. The van der Waals surface area contributed by atoms with Crippen molar-refractivity contribution >= 4 is 127 Å². The molecule has 11 aromatic carbocycles. The molecule has 2 heterocycles. The molecule has 0 spiro atoms. The number of hydrogen-bond acceptors (Lipinski definition) is 4. The van der Waals surface area contributed by atoms with Crippen LogP contribution < -0.4 is 9.80 Å². The van der Waals surface area contributed by atoms with E-state index in [0.717, 1.165) is 105 Å². The Bertz CT molecular complexity index is 4290. The maximum absolute atomic E-state index is 6.92. The second-order valence-corrected chi connectivity index (χ2v) is 19.6. The molecule has 4 nitrogen and oxygen atoms in total. The highest BCUT2D eigenvalue weighted by Crippen LogP contribution is 2.53. The molecule has 0 radical (unpaired) electrons. The summed E-state index contributed by atoms with van der Waals surface area (Å²) in [5, 5.41) is 13.8. The molecule has 0 N–H and O–H groups in total. The highest BCUT2D eigenvalue weighted by molar-refractivity contribution is 6.22. The monoisotopic (exact) mass is 916 g/mol. The van der Waals surface area contributed by atoms with Crippen molar-refractivity contribution in [1.82, 2.24) is 0 Å². The first-order chi connectivity index (χ1) is 34.8. The number of benzene rings is 11. The standard InChI is InChI=1S/C67H52N2O2/c1-7-45-60(68(56-30-16-22-43-20-8-10-24-46(43)56)58-32-18-28-51-48-26-12-14-34-62(48)70-66(51)58)39-55(41(4)5)50-36-37-53-61(38-54(40(2)3)42(6)64(53)65(45)50)69(57-31-17-23-44-21-9-11-25-47(44)57)59-33-19-29-52-49-27-13-15-35-63(49)71-67(52)59/h7-41H,1H2,2-6H3. The van der Waals surface area contributed by atoms with Crippen LogP contribution in [0.4, 0.5) is 34.1 Å². The highest BCUT2D eigenvalue weighted by Gasteiger charge is 2.29. The van der Waals surface area contributed by atoms with Gasteiger partial charge in [0.2, 0.25) is 0 Å². The summed E-state index contributed by atoms with van der Waals surface area (Å²) in [6, 6.07) is 70.2. The average molecular weight is 917 g/mol. The lowest BCUT2D eigenvalue weighted by Gasteiger charge is -2.32. The Morgan fingerprint density at radius 1 is 0.380 bits per heavy atom. The van der Waals surface area contributed by atoms with Gasteiger partial charge in [-0.15, -0.1) is 0 Å². The Morgan fingerprint density at radius 3 is 1.34 bits per heavy atom. The van der Waals surface area contributed by atoms with Crippen LogP contribution in [-0.4, -0.2) is 0 Å². The van der Waals surface area contributed by atoms with Gasteiger partial charge in [-0.2, -0.15) is 0 Å². The van der Waals surface area contributed by atoms with E-state index in [1.54, 1.807) is 0 Å². The van der Waals surface area contributed by atoms with Crippen molar-refractivity contribution in [3.63, 3.8) is 0 Å². The minimum atomic E-state index is 0.190. The second kappa shape index (κ2) is 16.5. The molecule has 0 fully saturated rings. The van der Waals surface area contributed by atoms with E-state index in [-0.39, 0.29) is 11.8 Å². The molecule has 0 aliphatic carbocycles. The van der Waals surface area contributed by atoms with Crippen molar-refractivity contribution in [3.05, 3.63) is 223 Å². The molecule has 0 saturated heterocycles. The van der Waals surface area contributed by atoms with Gasteiger partial charge < -0.3 is 18.6 Å². The van der Waals surface area contributed by atoms with Crippen LogP contribution in [0.25, 0.3) is 93.0 Å². The van der Waals surface area contributed by atoms with Crippen molar-refractivity contribution in [3.8, 4) is 0 Å². The summed E-state index contributed by atoms with van der Waals surface area (Å²) < 4.78 is 13.8. The third-order valence-electron chi connectivity index (χ3n) is 14.9. The Kier molecular flexibility index (Phi) is 9.90. The number of nitrogens with zero attached hydrogens (tertiary/aromatic N) is 2. The molecular formula is C67H52N2O2. The van der Waals surface area contributed by atoms with Crippen LogP contribution in [0.5, 0.6) is 0 Å². The number of para-hydroxylation sites is 4. The van der Waals surface area contributed by atoms with Gasteiger partial charge in [-0.25, -0.2) is 0 Å². The van der Waals surface area contributed by atoms with E-state index in [1.807, 2.05) is 6.07 Å². The zero-order valence-corrected chi connectivity index (χ0v) is 40.6. The molecule has 0 bridgehead atoms. The minimum Gasteiger partial charge on any atom is -0.454 e. The average Bonchev–Trinajstić information content (AvgIpc) is 3.98. The van der Waals surface area contributed by atoms with Crippen molar-refractivity contribution in [2.24, 2.45) is 0 Å². The summed E-state index contributed by atoms with van der Waals surface area (Å²) in [5.41, 5.74) is 14.5. The summed E-state index contributed by atoms with van der Waals surface area (Å²) >= 11 is 0. The number of aryl methyl sites for hydroxylation is 1.